The van der Waals surface area contributed by atoms with Crippen LogP contribution < -0.4 is 10.2 Å². The Labute approximate surface area is 154 Å². The molecule has 140 valence electrons. The fourth-order valence-corrected chi connectivity index (χ4v) is 4.14. The second kappa shape index (κ2) is 7.61. The van der Waals surface area contributed by atoms with Crippen LogP contribution in [-0.2, 0) is 4.74 Å². The van der Waals surface area contributed by atoms with Crippen molar-refractivity contribution in [3.8, 4) is 0 Å². The Balaban J connectivity index is 1.80. The quantitative estimate of drug-likeness (QED) is 0.799. The molecule has 26 heavy (non-hydrogen) atoms. The van der Waals surface area contributed by atoms with Gasteiger partial charge in [0.05, 0.1) is 6.33 Å². The van der Waals surface area contributed by atoms with Crippen LogP contribution >= 0.6 is 0 Å². The molecule has 1 atom stereocenters. The number of aromatic nitrogens is 4. The zero-order valence-corrected chi connectivity index (χ0v) is 15.5. The van der Waals surface area contributed by atoms with E-state index in [1.165, 1.54) is 32.1 Å². The maximum atomic E-state index is 5.86. The number of fused-ring (bicyclic) bond motifs is 1. The van der Waals surface area contributed by atoms with Crippen LogP contribution in [0.25, 0.3) is 11.2 Å². The summed E-state index contributed by atoms with van der Waals surface area (Å²) < 4.78 is 7.91. The van der Waals surface area contributed by atoms with Gasteiger partial charge in [0.25, 0.3) is 0 Å². The molecule has 3 heterocycles. The molecule has 0 spiro atoms. The average molecular weight is 356 g/mol. The van der Waals surface area contributed by atoms with Gasteiger partial charge in [0.15, 0.2) is 17.0 Å². The van der Waals surface area contributed by atoms with Gasteiger partial charge in [-0.25, -0.2) is 4.98 Å². The highest BCUT2D eigenvalue weighted by atomic mass is 16.5. The summed E-state index contributed by atoms with van der Waals surface area (Å²) in [5.41, 5.74) is 1.70. The maximum absolute atomic E-state index is 5.86. The summed E-state index contributed by atoms with van der Waals surface area (Å²) in [6, 6.07) is 0.484. The van der Waals surface area contributed by atoms with Crippen molar-refractivity contribution in [3.05, 3.63) is 19.0 Å². The van der Waals surface area contributed by atoms with Gasteiger partial charge in [-0.05, 0) is 25.7 Å². The zero-order chi connectivity index (χ0) is 17.9. The molecular weight excluding hydrogens is 328 g/mol. The lowest BCUT2D eigenvalue weighted by molar-refractivity contribution is 0.0593. The van der Waals surface area contributed by atoms with E-state index in [4.69, 9.17) is 19.7 Å². The molecule has 0 amide bonds. The highest BCUT2D eigenvalue weighted by Gasteiger charge is 2.27. The molecular formula is C19H28N6O. The molecule has 1 saturated heterocycles. The molecule has 2 aromatic heterocycles. The van der Waals surface area contributed by atoms with Crippen molar-refractivity contribution in [1.29, 1.82) is 0 Å². The Bertz CT molecular complexity index is 761. The van der Waals surface area contributed by atoms with Crippen LogP contribution in [0.3, 0.4) is 0 Å². The van der Waals surface area contributed by atoms with Crippen molar-refractivity contribution in [2.75, 3.05) is 30.4 Å². The SMILES string of the molecule is C=CCN(c1nc(NC)nc2c1ncn2C1CCCO1)C1CCCCC1. The molecule has 1 unspecified atom stereocenters. The lowest BCUT2D eigenvalue weighted by Gasteiger charge is -2.34. The van der Waals surface area contributed by atoms with Gasteiger partial charge < -0.3 is 15.0 Å². The lowest BCUT2D eigenvalue weighted by atomic mass is 9.94. The Morgan fingerprint density at radius 3 is 2.81 bits per heavy atom. The number of hydrogen-bond acceptors (Lipinski definition) is 6. The predicted molar refractivity (Wildman–Crippen MR) is 104 cm³/mol. The first-order valence-corrected chi connectivity index (χ1v) is 9.73. The van der Waals surface area contributed by atoms with Gasteiger partial charge in [-0.3, -0.25) is 4.57 Å². The van der Waals surface area contributed by atoms with E-state index in [-0.39, 0.29) is 6.23 Å². The van der Waals surface area contributed by atoms with Gasteiger partial charge in [0.2, 0.25) is 5.95 Å². The summed E-state index contributed by atoms with van der Waals surface area (Å²) >= 11 is 0. The first kappa shape index (κ1) is 17.3. The van der Waals surface area contributed by atoms with Crippen LogP contribution in [0.1, 0.15) is 51.2 Å². The van der Waals surface area contributed by atoms with Crippen molar-refractivity contribution < 1.29 is 4.74 Å². The van der Waals surface area contributed by atoms with E-state index in [2.05, 4.69) is 21.4 Å². The van der Waals surface area contributed by atoms with Crippen molar-refractivity contribution in [2.45, 2.75) is 57.2 Å². The minimum Gasteiger partial charge on any atom is -0.358 e. The third-order valence-electron chi connectivity index (χ3n) is 5.46. The first-order chi connectivity index (χ1) is 12.8. The van der Waals surface area contributed by atoms with E-state index < -0.39 is 0 Å². The highest BCUT2D eigenvalue weighted by molar-refractivity contribution is 5.85. The third-order valence-corrected chi connectivity index (χ3v) is 5.46. The Morgan fingerprint density at radius 2 is 2.12 bits per heavy atom. The fourth-order valence-electron chi connectivity index (χ4n) is 4.14. The zero-order valence-electron chi connectivity index (χ0n) is 15.5. The molecule has 7 heteroatoms. The lowest BCUT2D eigenvalue weighted by Crippen LogP contribution is -2.38. The molecule has 1 N–H and O–H groups in total. The number of nitrogens with one attached hydrogen (secondary N) is 1. The standard InChI is InChI=1S/C19H28N6O/c1-3-11-24(14-8-5-4-6-9-14)17-16-18(23-19(20-2)22-17)25(13-21-16)15-10-7-12-26-15/h3,13-15H,1,4-12H2,2H3,(H,20,22,23). The molecule has 1 aliphatic carbocycles. The Hall–Kier alpha value is -2.15. The van der Waals surface area contributed by atoms with Crippen molar-refractivity contribution in [3.63, 3.8) is 0 Å². The van der Waals surface area contributed by atoms with Gasteiger partial charge in [-0.1, -0.05) is 25.3 Å². The smallest absolute Gasteiger partial charge is 0.226 e. The van der Waals surface area contributed by atoms with Gasteiger partial charge in [-0.15, -0.1) is 6.58 Å². The van der Waals surface area contributed by atoms with E-state index in [0.717, 1.165) is 43.0 Å². The number of anilines is 2. The molecule has 2 aromatic rings. The van der Waals surface area contributed by atoms with Crippen LogP contribution in [0.5, 0.6) is 0 Å². The molecule has 4 rings (SSSR count). The second-order valence-electron chi connectivity index (χ2n) is 7.15. The van der Waals surface area contributed by atoms with E-state index in [1.807, 2.05) is 19.5 Å². The summed E-state index contributed by atoms with van der Waals surface area (Å²) in [7, 11) is 1.86. The van der Waals surface area contributed by atoms with E-state index in [0.29, 0.717) is 12.0 Å². The summed E-state index contributed by atoms with van der Waals surface area (Å²) in [5.74, 6) is 1.53. The number of ether oxygens (including phenoxy) is 1. The summed E-state index contributed by atoms with van der Waals surface area (Å²) in [4.78, 5) is 16.5. The molecule has 2 fully saturated rings. The van der Waals surface area contributed by atoms with Crippen LogP contribution in [0, 0.1) is 0 Å². The van der Waals surface area contributed by atoms with Crippen molar-refractivity contribution in [2.24, 2.45) is 0 Å². The van der Waals surface area contributed by atoms with Crippen LogP contribution in [0.4, 0.5) is 11.8 Å². The monoisotopic (exact) mass is 356 g/mol. The third kappa shape index (κ3) is 3.16. The largest absolute Gasteiger partial charge is 0.358 e. The molecule has 1 aliphatic heterocycles. The minimum atomic E-state index is 0.0231. The topological polar surface area (TPSA) is 68.1 Å². The Morgan fingerprint density at radius 1 is 1.27 bits per heavy atom. The van der Waals surface area contributed by atoms with Crippen molar-refractivity contribution >= 4 is 22.9 Å². The molecule has 7 nitrogen and oxygen atoms in total. The molecule has 0 radical (unpaired) electrons. The summed E-state index contributed by atoms with van der Waals surface area (Å²) in [6.07, 6.45) is 12.2. The predicted octanol–water partition coefficient (Wildman–Crippen LogP) is 3.50. The molecule has 0 bridgehead atoms. The number of imidazole rings is 1. The van der Waals surface area contributed by atoms with E-state index in [9.17, 15) is 0 Å². The highest BCUT2D eigenvalue weighted by Crippen LogP contribution is 2.33. The van der Waals surface area contributed by atoms with Crippen LogP contribution in [-0.4, -0.2) is 45.8 Å². The fraction of sp³-hybridized carbons (Fsp3) is 0.632. The van der Waals surface area contributed by atoms with Gasteiger partial charge in [0.1, 0.15) is 6.23 Å². The van der Waals surface area contributed by atoms with E-state index in [1.54, 1.807) is 0 Å². The molecule has 2 aliphatic rings. The number of rotatable bonds is 6. The summed E-state index contributed by atoms with van der Waals surface area (Å²) in [6.45, 7) is 5.53. The van der Waals surface area contributed by atoms with Gasteiger partial charge in [-0.2, -0.15) is 9.97 Å². The normalized spacial score (nSPS) is 21.2. The Kier molecular flexibility index (Phi) is 5.06. The molecule has 1 saturated carbocycles. The summed E-state index contributed by atoms with van der Waals surface area (Å²) in [5, 5.41) is 3.11. The average Bonchev–Trinajstić information content (AvgIpc) is 3.35. The first-order valence-electron chi connectivity index (χ1n) is 9.73. The van der Waals surface area contributed by atoms with Crippen molar-refractivity contribution in [1.82, 2.24) is 19.5 Å². The number of nitrogens with zero attached hydrogens (tertiary/aromatic N) is 5. The minimum absolute atomic E-state index is 0.0231. The van der Waals surface area contributed by atoms with Gasteiger partial charge in [0, 0.05) is 26.2 Å². The van der Waals surface area contributed by atoms with Crippen LogP contribution in [0.15, 0.2) is 19.0 Å². The van der Waals surface area contributed by atoms with Gasteiger partial charge >= 0.3 is 0 Å². The molecule has 0 aromatic carbocycles. The maximum Gasteiger partial charge on any atom is 0.226 e. The van der Waals surface area contributed by atoms with Crippen LogP contribution in [0.2, 0.25) is 0 Å². The second-order valence-corrected chi connectivity index (χ2v) is 7.15. The number of hydrogen-bond donors (Lipinski definition) is 1. The van der Waals surface area contributed by atoms with E-state index >= 15 is 0 Å².